The van der Waals surface area contributed by atoms with E-state index in [4.69, 9.17) is 10.8 Å². The SMILES string of the molecule is Cc1ccc(Cn2nc(C)c(CN3CCC(C)(CN)C3)c2C)cc1. The van der Waals surface area contributed by atoms with Gasteiger partial charge in [0.1, 0.15) is 0 Å². The van der Waals surface area contributed by atoms with Gasteiger partial charge in [-0.25, -0.2) is 0 Å². The van der Waals surface area contributed by atoms with Gasteiger partial charge in [0.2, 0.25) is 0 Å². The van der Waals surface area contributed by atoms with E-state index in [0.717, 1.165) is 38.4 Å². The Kier molecular flexibility index (Phi) is 4.79. The molecule has 1 aliphatic heterocycles. The molecule has 1 aromatic heterocycles. The van der Waals surface area contributed by atoms with E-state index in [0.29, 0.717) is 0 Å². The van der Waals surface area contributed by atoms with Crippen molar-refractivity contribution in [2.75, 3.05) is 19.6 Å². The maximum Gasteiger partial charge on any atom is 0.0662 e. The number of aromatic nitrogens is 2. The zero-order valence-corrected chi connectivity index (χ0v) is 15.5. The molecular formula is C20H30N4. The smallest absolute Gasteiger partial charge is 0.0662 e. The van der Waals surface area contributed by atoms with Crippen molar-refractivity contribution in [1.29, 1.82) is 0 Å². The zero-order chi connectivity index (χ0) is 17.3. The van der Waals surface area contributed by atoms with Gasteiger partial charge in [-0.2, -0.15) is 5.10 Å². The van der Waals surface area contributed by atoms with Crippen LogP contribution in [0.5, 0.6) is 0 Å². The van der Waals surface area contributed by atoms with E-state index >= 15 is 0 Å². The number of aryl methyl sites for hydroxylation is 2. The van der Waals surface area contributed by atoms with Crippen molar-refractivity contribution in [1.82, 2.24) is 14.7 Å². The van der Waals surface area contributed by atoms with E-state index in [1.165, 1.54) is 28.8 Å². The summed E-state index contributed by atoms with van der Waals surface area (Å²) in [6, 6.07) is 8.72. The van der Waals surface area contributed by atoms with E-state index in [2.05, 4.69) is 61.5 Å². The second kappa shape index (κ2) is 6.69. The van der Waals surface area contributed by atoms with Gasteiger partial charge in [0.15, 0.2) is 0 Å². The van der Waals surface area contributed by atoms with Crippen molar-refractivity contribution >= 4 is 0 Å². The largest absolute Gasteiger partial charge is 0.330 e. The monoisotopic (exact) mass is 326 g/mol. The fourth-order valence-electron chi connectivity index (χ4n) is 3.63. The lowest BCUT2D eigenvalue weighted by atomic mass is 9.90. The second-order valence-electron chi connectivity index (χ2n) is 7.77. The molecule has 1 unspecified atom stereocenters. The summed E-state index contributed by atoms with van der Waals surface area (Å²) < 4.78 is 2.15. The maximum atomic E-state index is 5.94. The molecule has 1 fully saturated rings. The first kappa shape index (κ1) is 17.2. The predicted octanol–water partition coefficient (Wildman–Crippen LogP) is 3.03. The Morgan fingerprint density at radius 3 is 2.46 bits per heavy atom. The molecule has 2 heterocycles. The standard InChI is InChI=1S/C20H30N4/c1-15-5-7-18(8-6-15)11-24-17(3)19(16(2)22-24)12-23-10-9-20(4,13-21)14-23/h5-8H,9-14,21H2,1-4H3. The van der Waals surface area contributed by atoms with Crippen LogP contribution in [0.15, 0.2) is 24.3 Å². The average Bonchev–Trinajstić information content (AvgIpc) is 3.06. The van der Waals surface area contributed by atoms with E-state index in [1.807, 2.05) is 0 Å². The predicted molar refractivity (Wildman–Crippen MR) is 99.0 cm³/mol. The zero-order valence-electron chi connectivity index (χ0n) is 15.5. The van der Waals surface area contributed by atoms with Crippen molar-refractivity contribution in [3.05, 3.63) is 52.3 Å². The van der Waals surface area contributed by atoms with Crippen LogP contribution < -0.4 is 5.73 Å². The topological polar surface area (TPSA) is 47.1 Å². The molecule has 1 aliphatic rings. The first-order valence-electron chi connectivity index (χ1n) is 8.91. The average molecular weight is 326 g/mol. The van der Waals surface area contributed by atoms with Crippen LogP contribution >= 0.6 is 0 Å². The van der Waals surface area contributed by atoms with Crippen LogP contribution in [0.3, 0.4) is 0 Å². The molecular weight excluding hydrogens is 296 g/mol. The molecule has 2 N–H and O–H groups in total. The minimum atomic E-state index is 0.277. The first-order chi connectivity index (χ1) is 11.4. The van der Waals surface area contributed by atoms with Gasteiger partial charge in [0.05, 0.1) is 12.2 Å². The lowest BCUT2D eigenvalue weighted by Gasteiger charge is -2.22. The second-order valence-corrected chi connectivity index (χ2v) is 7.77. The van der Waals surface area contributed by atoms with E-state index in [-0.39, 0.29) is 5.41 Å². The minimum absolute atomic E-state index is 0.277. The minimum Gasteiger partial charge on any atom is -0.330 e. The summed E-state index contributed by atoms with van der Waals surface area (Å²) in [4.78, 5) is 2.53. The molecule has 0 spiro atoms. The van der Waals surface area contributed by atoms with Crippen LogP contribution in [0.1, 0.15) is 41.4 Å². The number of rotatable bonds is 5. The first-order valence-corrected chi connectivity index (χ1v) is 8.91. The third-order valence-corrected chi connectivity index (χ3v) is 5.50. The molecule has 1 atom stereocenters. The van der Waals surface area contributed by atoms with E-state index < -0.39 is 0 Å². The lowest BCUT2D eigenvalue weighted by molar-refractivity contribution is 0.273. The molecule has 4 nitrogen and oxygen atoms in total. The number of nitrogens with two attached hydrogens (primary N) is 1. The van der Waals surface area contributed by atoms with Crippen LogP contribution in [0, 0.1) is 26.2 Å². The normalized spacial score (nSPS) is 21.5. The van der Waals surface area contributed by atoms with Crippen molar-refractivity contribution in [3.63, 3.8) is 0 Å². The Morgan fingerprint density at radius 1 is 1.12 bits per heavy atom. The van der Waals surface area contributed by atoms with Crippen molar-refractivity contribution in [2.45, 2.75) is 47.2 Å². The van der Waals surface area contributed by atoms with Gasteiger partial charge in [-0.3, -0.25) is 9.58 Å². The summed E-state index contributed by atoms with van der Waals surface area (Å²) in [5.74, 6) is 0. The van der Waals surface area contributed by atoms with Crippen molar-refractivity contribution in [3.8, 4) is 0 Å². The van der Waals surface area contributed by atoms with Gasteiger partial charge < -0.3 is 5.73 Å². The number of likely N-dealkylation sites (tertiary alicyclic amines) is 1. The van der Waals surface area contributed by atoms with Crippen LogP contribution in [0.4, 0.5) is 0 Å². The van der Waals surface area contributed by atoms with Crippen molar-refractivity contribution < 1.29 is 0 Å². The highest BCUT2D eigenvalue weighted by Gasteiger charge is 2.33. The quantitative estimate of drug-likeness (QED) is 0.919. The summed E-state index contributed by atoms with van der Waals surface area (Å²) in [7, 11) is 0. The molecule has 0 bridgehead atoms. The van der Waals surface area contributed by atoms with E-state index in [1.54, 1.807) is 0 Å². The molecule has 1 aromatic carbocycles. The molecule has 0 saturated carbocycles. The summed E-state index contributed by atoms with van der Waals surface area (Å²) in [6.07, 6.45) is 1.19. The fraction of sp³-hybridized carbons (Fsp3) is 0.550. The highest BCUT2D eigenvalue weighted by molar-refractivity contribution is 5.27. The third-order valence-electron chi connectivity index (χ3n) is 5.50. The molecule has 3 rings (SSSR count). The van der Waals surface area contributed by atoms with Crippen LogP contribution in [-0.2, 0) is 13.1 Å². The van der Waals surface area contributed by atoms with Gasteiger partial charge in [-0.05, 0) is 51.3 Å². The highest BCUT2D eigenvalue weighted by atomic mass is 15.3. The Labute approximate surface area is 145 Å². The molecule has 2 aromatic rings. The molecule has 130 valence electrons. The van der Waals surface area contributed by atoms with Gasteiger partial charge in [-0.15, -0.1) is 0 Å². The third kappa shape index (κ3) is 3.55. The fourth-order valence-corrected chi connectivity index (χ4v) is 3.63. The van der Waals surface area contributed by atoms with Crippen LogP contribution in [-0.4, -0.2) is 34.3 Å². The number of nitrogens with zero attached hydrogens (tertiary/aromatic N) is 3. The van der Waals surface area contributed by atoms with Crippen molar-refractivity contribution in [2.24, 2.45) is 11.1 Å². The summed E-state index contributed by atoms with van der Waals surface area (Å²) >= 11 is 0. The van der Waals surface area contributed by atoms with Crippen LogP contribution in [0.2, 0.25) is 0 Å². The summed E-state index contributed by atoms with van der Waals surface area (Å²) in [5.41, 5.74) is 12.6. The Balaban J connectivity index is 1.73. The molecule has 0 radical (unpaired) electrons. The molecule has 0 aliphatic carbocycles. The molecule has 0 amide bonds. The van der Waals surface area contributed by atoms with Gasteiger partial charge in [-0.1, -0.05) is 36.8 Å². The van der Waals surface area contributed by atoms with Gasteiger partial charge in [0.25, 0.3) is 0 Å². The molecule has 1 saturated heterocycles. The lowest BCUT2D eigenvalue weighted by Crippen LogP contribution is -2.31. The Bertz CT molecular complexity index is 701. The Morgan fingerprint density at radius 2 is 1.83 bits per heavy atom. The number of hydrogen-bond acceptors (Lipinski definition) is 3. The highest BCUT2D eigenvalue weighted by Crippen LogP contribution is 2.30. The molecule has 24 heavy (non-hydrogen) atoms. The number of benzene rings is 1. The van der Waals surface area contributed by atoms with Gasteiger partial charge >= 0.3 is 0 Å². The van der Waals surface area contributed by atoms with Gasteiger partial charge in [0, 0.05) is 24.3 Å². The van der Waals surface area contributed by atoms with Crippen LogP contribution in [0.25, 0.3) is 0 Å². The molecule has 4 heteroatoms. The summed E-state index contributed by atoms with van der Waals surface area (Å²) in [5, 5.41) is 4.79. The maximum absolute atomic E-state index is 5.94. The number of hydrogen-bond donors (Lipinski definition) is 1. The van der Waals surface area contributed by atoms with E-state index in [9.17, 15) is 0 Å². The Hall–Kier alpha value is -1.65. The summed E-state index contributed by atoms with van der Waals surface area (Å²) in [6.45, 7) is 13.6.